The summed E-state index contributed by atoms with van der Waals surface area (Å²) in [6.07, 6.45) is 28.4. The van der Waals surface area contributed by atoms with Crippen LogP contribution in [0.1, 0.15) is 159 Å². The molecule has 4 saturated carbocycles. The molecule has 0 aromatic heterocycles. The molecule has 54 heavy (non-hydrogen) atoms. The molecule has 0 aromatic rings. The second-order valence-corrected chi connectivity index (χ2v) is 31.4. The Hall–Kier alpha value is -0.766. The third-order valence-corrected chi connectivity index (χ3v) is 25.2. The number of unbranched alkanes of at least 4 members (excludes halogenated alkanes) is 3. The van der Waals surface area contributed by atoms with Gasteiger partial charge in [-0.1, -0.05) is 118 Å². The summed E-state index contributed by atoms with van der Waals surface area (Å²) in [5.74, 6) is 1.63. The van der Waals surface area contributed by atoms with Crippen LogP contribution in [-0.2, 0) is 18.3 Å². The van der Waals surface area contributed by atoms with Crippen LogP contribution in [0.4, 0.5) is 0 Å². The lowest BCUT2D eigenvalue weighted by Crippen LogP contribution is -2.49. The SMILES string of the molecule is C=C1/C(=C\C=C2/CCC[C@]3(C)[C@@H]([C@H](C)/C=C/CC4(C5(CCCCCC)OCCO5)CC4)CC[C@@H]23)C[C@@H](O[Si](C)(C)C(C)(C)C)C[C@@H]1O[Si](C)(C)C(C)(C)C. The van der Waals surface area contributed by atoms with Crippen molar-refractivity contribution >= 4 is 16.6 Å². The lowest BCUT2D eigenvalue weighted by Gasteiger charge is -2.45. The smallest absolute Gasteiger partial charge is 0.192 e. The molecule has 4 aliphatic carbocycles. The first-order valence-corrected chi connectivity index (χ1v) is 28.3. The van der Waals surface area contributed by atoms with Gasteiger partial charge in [0, 0.05) is 18.3 Å². The molecule has 5 aliphatic rings. The lowest BCUT2D eigenvalue weighted by molar-refractivity contribution is -0.211. The molecule has 5 rings (SSSR count). The van der Waals surface area contributed by atoms with Gasteiger partial charge in [-0.15, -0.1) is 0 Å². The molecule has 4 nitrogen and oxygen atoms in total. The molecule has 0 bridgehead atoms. The molecule has 5 fully saturated rings. The zero-order chi connectivity index (χ0) is 39.8. The second-order valence-electron chi connectivity index (χ2n) is 21.9. The molecule has 308 valence electrons. The van der Waals surface area contributed by atoms with E-state index < -0.39 is 16.6 Å². The Morgan fingerprint density at radius 3 is 2.15 bits per heavy atom. The van der Waals surface area contributed by atoms with Crippen LogP contribution >= 0.6 is 0 Å². The van der Waals surface area contributed by atoms with Crippen molar-refractivity contribution in [2.24, 2.45) is 28.6 Å². The van der Waals surface area contributed by atoms with Gasteiger partial charge in [0.25, 0.3) is 0 Å². The van der Waals surface area contributed by atoms with E-state index in [9.17, 15) is 0 Å². The van der Waals surface area contributed by atoms with Gasteiger partial charge >= 0.3 is 0 Å². The van der Waals surface area contributed by atoms with Crippen LogP contribution in [0.15, 0.2) is 47.6 Å². The highest BCUT2D eigenvalue weighted by molar-refractivity contribution is 6.74. The summed E-state index contributed by atoms with van der Waals surface area (Å²) in [4.78, 5) is 0. The summed E-state index contributed by atoms with van der Waals surface area (Å²) in [6, 6.07) is 0. The highest BCUT2D eigenvalue weighted by Gasteiger charge is 2.62. The van der Waals surface area contributed by atoms with Crippen LogP contribution in [0.5, 0.6) is 0 Å². The first-order valence-electron chi connectivity index (χ1n) is 22.5. The number of hydrogen-bond donors (Lipinski definition) is 0. The zero-order valence-corrected chi connectivity index (χ0v) is 39.6. The molecule has 1 saturated heterocycles. The standard InChI is InChI=1S/C48H84O4Si2/c1-15-16-17-18-29-48(49-32-33-50-48)47(30-31-47)28-19-21-36(2)41-25-26-42-38(22-20-27-46(41,42)10)23-24-39-34-40(51-53(11,12)44(4,5)6)35-43(37(39)3)52-54(13,14)45(7,8)9/h19,21,23-24,36,40-43H,3,15-18,20,22,25-35H2,1-2,4-14H3/b21-19+,38-23+,39-24-/t36-,40-,41-,42+,43+,46-/m1/s1. The molecule has 0 amide bonds. The quantitative estimate of drug-likeness (QED) is 0.0942. The fraction of sp³-hybridized carbons (Fsp3) is 0.833. The number of allylic oxidation sites excluding steroid dienone is 5. The average molecular weight is 781 g/mol. The molecular weight excluding hydrogens is 697 g/mol. The van der Waals surface area contributed by atoms with Crippen molar-refractivity contribution in [2.45, 2.75) is 213 Å². The normalized spacial score (nSPS) is 32.5. The lowest BCUT2D eigenvalue weighted by atomic mass is 9.61. The van der Waals surface area contributed by atoms with E-state index in [1.807, 2.05) is 0 Å². The third kappa shape index (κ3) is 9.41. The minimum Gasteiger partial charge on any atom is -0.413 e. The Morgan fingerprint density at radius 1 is 0.889 bits per heavy atom. The van der Waals surface area contributed by atoms with Crippen molar-refractivity contribution in [3.63, 3.8) is 0 Å². The van der Waals surface area contributed by atoms with Crippen LogP contribution in [0.2, 0.25) is 36.3 Å². The van der Waals surface area contributed by atoms with E-state index in [4.69, 9.17) is 24.9 Å². The summed E-state index contributed by atoms with van der Waals surface area (Å²) in [6.45, 7) is 37.3. The summed E-state index contributed by atoms with van der Waals surface area (Å²) in [5.41, 5.74) is 4.77. The van der Waals surface area contributed by atoms with Crippen LogP contribution in [0, 0.1) is 28.6 Å². The Morgan fingerprint density at radius 2 is 1.54 bits per heavy atom. The molecule has 1 aliphatic heterocycles. The number of fused-ring (bicyclic) bond motifs is 1. The Bertz CT molecular complexity index is 1380. The minimum atomic E-state index is -1.99. The van der Waals surface area contributed by atoms with Crippen molar-refractivity contribution in [3.8, 4) is 0 Å². The summed E-state index contributed by atoms with van der Waals surface area (Å²) in [5, 5.41) is 0.327. The molecule has 0 spiro atoms. The van der Waals surface area contributed by atoms with E-state index in [-0.39, 0.29) is 33.5 Å². The number of ether oxygens (including phenoxy) is 2. The van der Waals surface area contributed by atoms with E-state index >= 15 is 0 Å². The fourth-order valence-electron chi connectivity index (χ4n) is 10.4. The van der Waals surface area contributed by atoms with E-state index in [1.54, 1.807) is 5.57 Å². The predicted molar refractivity (Wildman–Crippen MR) is 235 cm³/mol. The van der Waals surface area contributed by atoms with Gasteiger partial charge in [-0.25, -0.2) is 0 Å². The number of hydrogen-bond acceptors (Lipinski definition) is 4. The van der Waals surface area contributed by atoms with Crippen molar-refractivity contribution in [3.05, 3.63) is 47.6 Å². The molecule has 1 heterocycles. The molecule has 0 N–H and O–H groups in total. The third-order valence-electron chi connectivity index (χ3n) is 16.1. The zero-order valence-electron chi connectivity index (χ0n) is 37.6. The van der Waals surface area contributed by atoms with Crippen LogP contribution < -0.4 is 0 Å². The maximum absolute atomic E-state index is 7.14. The molecule has 6 atom stereocenters. The van der Waals surface area contributed by atoms with Gasteiger partial charge < -0.3 is 18.3 Å². The minimum absolute atomic E-state index is 0.0247. The molecule has 0 aromatic carbocycles. The Kier molecular flexibility index (Phi) is 13.8. The van der Waals surface area contributed by atoms with E-state index in [0.717, 1.165) is 44.8 Å². The van der Waals surface area contributed by atoms with Gasteiger partial charge in [0.1, 0.15) is 0 Å². The van der Waals surface area contributed by atoms with Gasteiger partial charge in [-0.2, -0.15) is 0 Å². The maximum atomic E-state index is 7.14. The van der Waals surface area contributed by atoms with Gasteiger partial charge in [-0.3, -0.25) is 0 Å². The van der Waals surface area contributed by atoms with Crippen LogP contribution in [-0.4, -0.2) is 47.8 Å². The molecule has 0 radical (unpaired) electrons. The van der Waals surface area contributed by atoms with Crippen molar-refractivity contribution in [1.29, 1.82) is 0 Å². The number of rotatable bonds is 15. The topological polar surface area (TPSA) is 36.9 Å². The van der Waals surface area contributed by atoms with Crippen molar-refractivity contribution < 1.29 is 18.3 Å². The Labute approximate surface area is 336 Å². The monoisotopic (exact) mass is 781 g/mol. The average Bonchev–Trinajstić information content (AvgIpc) is 3.54. The highest BCUT2D eigenvalue weighted by atomic mass is 28.4. The molecular formula is C48H84O4Si2. The van der Waals surface area contributed by atoms with Crippen LogP contribution in [0.25, 0.3) is 0 Å². The second kappa shape index (κ2) is 16.8. The van der Waals surface area contributed by atoms with Crippen LogP contribution in [0.3, 0.4) is 0 Å². The van der Waals surface area contributed by atoms with Gasteiger partial charge in [0.2, 0.25) is 0 Å². The first-order chi connectivity index (χ1) is 25.1. The summed E-state index contributed by atoms with van der Waals surface area (Å²) in [7, 11) is -3.93. The molecule has 0 unspecified atom stereocenters. The van der Waals surface area contributed by atoms with Gasteiger partial charge in [0.05, 0.1) is 25.4 Å². The first kappa shape index (κ1) is 44.3. The molecule has 6 heteroatoms. The van der Waals surface area contributed by atoms with Gasteiger partial charge in [0.15, 0.2) is 22.4 Å². The summed E-state index contributed by atoms with van der Waals surface area (Å²) < 4.78 is 27.2. The summed E-state index contributed by atoms with van der Waals surface area (Å²) >= 11 is 0. The Balaban J connectivity index is 1.30. The predicted octanol–water partition coefficient (Wildman–Crippen LogP) is 14.3. The highest BCUT2D eigenvalue weighted by Crippen LogP contribution is 2.63. The van der Waals surface area contributed by atoms with E-state index in [0.29, 0.717) is 17.3 Å². The van der Waals surface area contributed by atoms with E-state index in [1.165, 1.54) is 81.8 Å². The fourth-order valence-corrected chi connectivity index (χ4v) is 13.1. The largest absolute Gasteiger partial charge is 0.413 e. The maximum Gasteiger partial charge on any atom is 0.192 e. The van der Waals surface area contributed by atoms with E-state index in [2.05, 4.69) is 113 Å². The van der Waals surface area contributed by atoms with Crippen molar-refractivity contribution in [1.82, 2.24) is 0 Å². The van der Waals surface area contributed by atoms with Crippen molar-refractivity contribution in [2.75, 3.05) is 13.2 Å². The van der Waals surface area contributed by atoms with Gasteiger partial charge in [-0.05, 0) is 135 Å².